The van der Waals surface area contributed by atoms with E-state index >= 15 is 0 Å². The third-order valence-corrected chi connectivity index (χ3v) is 1.99. The molecule has 2 N–H and O–H groups in total. The van der Waals surface area contributed by atoms with E-state index in [1.807, 2.05) is 6.92 Å². The predicted octanol–water partition coefficient (Wildman–Crippen LogP) is 2.06. The smallest absolute Gasteiger partial charge is 0.334 e. The molecule has 1 atom stereocenters. The number of amides is 2. The Labute approximate surface area is 86.4 Å². The first-order chi connectivity index (χ1) is 6.56. The summed E-state index contributed by atoms with van der Waals surface area (Å²) in [5.41, 5.74) is 2.23. The van der Waals surface area contributed by atoms with Crippen molar-refractivity contribution in [3.8, 4) is 0 Å². The molecule has 0 heterocycles. The molecule has 0 spiro atoms. The van der Waals surface area contributed by atoms with Gasteiger partial charge in [0.2, 0.25) is 0 Å². The van der Waals surface area contributed by atoms with E-state index in [4.69, 9.17) is 0 Å². The molecule has 0 unspecified atom stereocenters. The summed E-state index contributed by atoms with van der Waals surface area (Å²) in [7, 11) is 1.42. The van der Waals surface area contributed by atoms with E-state index in [0.717, 1.165) is 18.8 Å². The highest BCUT2D eigenvalue weighted by atomic mass is 16.6. The second kappa shape index (κ2) is 7.62. The Kier molecular flexibility index (Phi) is 7.20. The summed E-state index contributed by atoms with van der Waals surface area (Å²) < 4.78 is 0. The number of rotatable bonds is 6. The molecule has 84 valence electrons. The fraction of sp³-hybridized carbons (Fsp3) is 0.900. The molecule has 0 saturated carbocycles. The first-order valence-electron chi connectivity index (χ1n) is 5.15. The van der Waals surface area contributed by atoms with Crippen molar-refractivity contribution in [2.75, 3.05) is 7.11 Å². The monoisotopic (exact) mass is 202 g/mol. The van der Waals surface area contributed by atoms with Crippen molar-refractivity contribution in [3.63, 3.8) is 0 Å². The summed E-state index contributed by atoms with van der Waals surface area (Å²) in [5, 5.41) is 2.78. The van der Waals surface area contributed by atoms with Crippen LogP contribution >= 0.6 is 0 Å². The van der Waals surface area contributed by atoms with Crippen LogP contribution in [0.25, 0.3) is 0 Å². The maximum Gasteiger partial charge on any atom is 0.338 e. The average molecular weight is 202 g/mol. The lowest BCUT2D eigenvalue weighted by atomic mass is 10.0. The van der Waals surface area contributed by atoms with E-state index in [1.165, 1.54) is 13.5 Å². The van der Waals surface area contributed by atoms with Gasteiger partial charge in [-0.15, -0.1) is 0 Å². The summed E-state index contributed by atoms with van der Waals surface area (Å²) in [5.74, 6) is 0.731. The van der Waals surface area contributed by atoms with Gasteiger partial charge in [-0.1, -0.05) is 26.7 Å². The highest BCUT2D eigenvalue weighted by molar-refractivity contribution is 5.72. The number of urea groups is 1. The number of carbonyl (C=O) groups is 1. The minimum Gasteiger partial charge on any atom is -0.334 e. The highest BCUT2D eigenvalue weighted by Gasteiger charge is 2.06. The summed E-state index contributed by atoms with van der Waals surface area (Å²) in [6.45, 7) is 6.40. The lowest BCUT2D eigenvalue weighted by molar-refractivity contribution is 0.106. The fourth-order valence-corrected chi connectivity index (χ4v) is 1.25. The van der Waals surface area contributed by atoms with Crippen molar-refractivity contribution in [2.45, 2.75) is 46.1 Å². The van der Waals surface area contributed by atoms with Crippen molar-refractivity contribution in [1.29, 1.82) is 0 Å². The molecule has 0 aromatic rings. The summed E-state index contributed by atoms with van der Waals surface area (Å²) in [6, 6.07) is -0.0755. The third kappa shape index (κ3) is 7.86. The van der Waals surface area contributed by atoms with Gasteiger partial charge >= 0.3 is 6.03 Å². The molecule has 14 heavy (non-hydrogen) atoms. The van der Waals surface area contributed by atoms with E-state index in [0.29, 0.717) is 0 Å². The average Bonchev–Trinajstić information content (AvgIpc) is 2.03. The van der Waals surface area contributed by atoms with Crippen LogP contribution in [-0.2, 0) is 4.84 Å². The van der Waals surface area contributed by atoms with Crippen LogP contribution in [0.3, 0.4) is 0 Å². The minimum absolute atomic E-state index is 0.198. The molecule has 4 heteroatoms. The zero-order valence-corrected chi connectivity index (χ0v) is 9.59. The maximum absolute atomic E-state index is 11.0. The van der Waals surface area contributed by atoms with Gasteiger partial charge in [0.1, 0.15) is 0 Å². The third-order valence-electron chi connectivity index (χ3n) is 1.99. The number of hydrogen-bond acceptors (Lipinski definition) is 2. The quantitative estimate of drug-likeness (QED) is 0.648. The van der Waals surface area contributed by atoms with Gasteiger partial charge < -0.3 is 5.32 Å². The minimum atomic E-state index is -0.274. The van der Waals surface area contributed by atoms with Crippen LogP contribution in [0.4, 0.5) is 4.79 Å². The molecular weight excluding hydrogens is 180 g/mol. The number of carbonyl (C=O) groups excluding carboxylic acids is 1. The van der Waals surface area contributed by atoms with Gasteiger partial charge in [0.25, 0.3) is 0 Å². The number of nitrogens with one attached hydrogen (secondary N) is 2. The van der Waals surface area contributed by atoms with Crippen LogP contribution in [0.2, 0.25) is 0 Å². The van der Waals surface area contributed by atoms with Crippen molar-refractivity contribution in [2.24, 2.45) is 5.92 Å². The number of hydroxylamine groups is 1. The maximum atomic E-state index is 11.0. The topological polar surface area (TPSA) is 50.4 Å². The first-order valence-corrected chi connectivity index (χ1v) is 5.15. The zero-order valence-electron chi connectivity index (χ0n) is 9.59. The molecule has 0 rings (SSSR count). The van der Waals surface area contributed by atoms with E-state index in [2.05, 4.69) is 29.5 Å². The van der Waals surface area contributed by atoms with Gasteiger partial charge in [0.15, 0.2) is 0 Å². The van der Waals surface area contributed by atoms with E-state index < -0.39 is 0 Å². The Morgan fingerprint density at radius 1 is 1.29 bits per heavy atom. The SMILES string of the molecule is CONC(=O)N[C@H](C)CCCC(C)C. The Bertz CT molecular complexity index is 160. The summed E-state index contributed by atoms with van der Waals surface area (Å²) in [4.78, 5) is 15.5. The van der Waals surface area contributed by atoms with Crippen molar-refractivity contribution in [3.05, 3.63) is 0 Å². The molecule has 0 aliphatic carbocycles. The lowest BCUT2D eigenvalue weighted by Gasteiger charge is -2.14. The van der Waals surface area contributed by atoms with Gasteiger partial charge in [0, 0.05) is 6.04 Å². The zero-order chi connectivity index (χ0) is 11.0. The summed E-state index contributed by atoms with van der Waals surface area (Å²) >= 11 is 0. The molecule has 0 bridgehead atoms. The van der Waals surface area contributed by atoms with E-state index in [1.54, 1.807) is 0 Å². The van der Waals surface area contributed by atoms with Gasteiger partial charge in [-0.05, 0) is 19.3 Å². The molecular formula is C10H22N2O2. The Morgan fingerprint density at radius 2 is 1.93 bits per heavy atom. The second-order valence-corrected chi connectivity index (χ2v) is 4.01. The standard InChI is InChI=1S/C10H22N2O2/c1-8(2)6-5-7-9(3)11-10(13)12-14-4/h8-9H,5-7H2,1-4H3,(H2,11,12,13)/t9-/m1/s1. The van der Waals surface area contributed by atoms with Gasteiger partial charge in [-0.25, -0.2) is 10.3 Å². The highest BCUT2D eigenvalue weighted by Crippen LogP contribution is 2.07. The molecule has 0 aliphatic rings. The molecule has 0 aromatic heterocycles. The Morgan fingerprint density at radius 3 is 2.43 bits per heavy atom. The van der Waals surface area contributed by atoms with E-state index in [9.17, 15) is 4.79 Å². The van der Waals surface area contributed by atoms with Crippen molar-refractivity contribution in [1.82, 2.24) is 10.8 Å². The molecule has 0 aromatic carbocycles. The van der Waals surface area contributed by atoms with E-state index in [-0.39, 0.29) is 12.1 Å². The molecule has 0 aliphatic heterocycles. The van der Waals surface area contributed by atoms with Crippen molar-refractivity contribution < 1.29 is 9.63 Å². The normalized spacial score (nSPS) is 12.6. The van der Waals surface area contributed by atoms with Crippen LogP contribution in [0, 0.1) is 5.92 Å². The predicted molar refractivity (Wildman–Crippen MR) is 56.8 cm³/mol. The first kappa shape index (κ1) is 13.2. The molecule has 0 radical (unpaired) electrons. The Balaban J connectivity index is 3.44. The Hall–Kier alpha value is -0.770. The summed E-state index contributed by atoms with van der Waals surface area (Å²) in [6.07, 6.45) is 3.36. The molecule has 0 saturated heterocycles. The van der Waals surface area contributed by atoms with Crippen LogP contribution in [0.5, 0.6) is 0 Å². The fourth-order valence-electron chi connectivity index (χ4n) is 1.25. The largest absolute Gasteiger partial charge is 0.338 e. The lowest BCUT2D eigenvalue weighted by Crippen LogP contribution is -2.40. The molecule has 2 amide bonds. The van der Waals surface area contributed by atoms with Crippen LogP contribution in [-0.4, -0.2) is 19.2 Å². The van der Waals surface area contributed by atoms with Gasteiger partial charge in [-0.3, -0.25) is 4.84 Å². The van der Waals surface area contributed by atoms with Crippen LogP contribution in [0.1, 0.15) is 40.0 Å². The molecule has 4 nitrogen and oxygen atoms in total. The van der Waals surface area contributed by atoms with Crippen LogP contribution < -0.4 is 10.8 Å². The van der Waals surface area contributed by atoms with Crippen molar-refractivity contribution >= 4 is 6.03 Å². The van der Waals surface area contributed by atoms with Gasteiger partial charge in [0.05, 0.1) is 7.11 Å². The van der Waals surface area contributed by atoms with Crippen LogP contribution in [0.15, 0.2) is 0 Å². The number of hydrogen-bond donors (Lipinski definition) is 2. The second-order valence-electron chi connectivity index (χ2n) is 4.01. The molecule has 0 fully saturated rings. The van der Waals surface area contributed by atoms with Gasteiger partial charge in [-0.2, -0.15) is 0 Å².